The summed E-state index contributed by atoms with van der Waals surface area (Å²) in [5, 5.41) is 10.2. The van der Waals surface area contributed by atoms with Crippen LogP contribution in [0.25, 0.3) is 10.9 Å². The van der Waals surface area contributed by atoms with Gasteiger partial charge in [-0.05, 0) is 67.9 Å². The van der Waals surface area contributed by atoms with Crippen molar-refractivity contribution < 1.29 is 9.90 Å². The second kappa shape index (κ2) is 4.89. The standard InChI is InChI=1S/C17H19NO2/c1-10-8-11(2)17-13(6-7-16(19)20)12-4-3-5-14(12)18-15(17)9-10/h8-9H,3-7H2,1-2H3,(H,19,20). The number of rotatable bonds is 3. The molecule has 0 bridgehead atoms. The zero-order valence-electron chi connectivity index (χ0n) is 12.0. The number of benzene rings is 1. The van der Waals surface area contributed by atoms with Crippen molar-refractivity contribution in [1.29, 1.82) is 0 Å². The van der Waals surface area contributed by atoms with Gasteiger partial charge in [-0.25, -0.2) is 0 Å². The van der Waals surface area contributed by atoms with E-state index in [1.807, 2.05) is 0 Å². The average molecular weight is 269 g/mol. The van der Waals surface area contributed by atoms with Gasteiger partial charge in [0.15, 0.2) is 0 Å². The molecule has 1 aromatic carbocycles. The van der Waals surface area contributed by atoms with E-state index in [1.165, 1.54) is 33.3 Å². The van der Waals surface area contributed by atoms with E-state index in [4.69, 9.17) is 10.1 Å². The first-order valence-electron chi connectivity index (χ1n) is 7.19. The van der Waals surface area contributed by atoms with E-state index in [0.717, 1.165) is 24.8 Å². The topological polar surface area (TPSA) is 50.2 Å². The Morgan fingerprint density at radius 2 is 2.10 bits per heavy atom. The van der Waals surface area contributed by atoms with E-state index in [9.17, 15) is 4.79 Å². The van der Waals surface area contributed by atoms with Crippen molar-refractivity contribution in [3.63, 3.8) is 0 Å². The first-order valence-corrected chi connectivity index (χ1v) is 7.19. The molecule has 1 aliphatic rings. The molecule has 3 nitrogen and oxygen atoms in total. The summed E-state index contributed by atoms with van der Waals surface area (Å²) >= 11 is 0. The highest BCUT2D eigenvalue weighted by molar-refractivity contribution is 5.88. The molecule has 0 atom stereocenters. The third kappa shape index (κ3) is 2.17. The van der Waals surface area contributed by atoms with Gasteiger partial charge in [0.1, 0.15) is 0 Å². The van der Waals surface area contributed by atoms with E-state index >= 15 is 0 Å². The van der Waals surface area contributed by atoms with Gasteiger partial charge in [0.25, 0.3) is 0 Å². The largest absolute Gasteiger partial charge is 0.481 e. The molecule has 0 aliphatic heterocycles. The highest BCUT2D eigenvalue weighted by atomic mass is 16.4. The highest BCUT2D eigenvalue weighted by Gasteiger charge is 2.20. The second-order valence-corrected chi connectivity index (χ2v) is 5.74. The van der Waals surface area contributed by atoms with Crippen LogP contribution in [0.5, 0.6) is 0 Å². The fourth-order valence-electron chi connectivity index (χ4n) is 3.41. The fourth-order valence-corrected chi connectivity index (χ4v) is 3.41. The predicted octanol–water partition coefficient (Wildman–Crippen LogP) is 3.36. The second-order valence-electron chi connectivity index (χ2n) is 5.74. The van der Waals surface area contributed by atoms with E-state index in [0.29, 0.717) is 6.42 Å². The van der Waals surface area contributed by atoms with E-state index in [1.54, 1.807) is 0 Å². The minimum atomic E-state index is -0.730. The number of fused-ring (bicyclic) bond motifs is 2. The molecule has 0 spiro atoms. The SMILES string of the molecule is Cc1cc(C)c2c(CCC(=O)O)c3c(nc2c1)CCC3. The van der Waals surface area contributed by atoms with Gasteiger partial charge in [-0.1, -0.05) is 6.07 Å². The molecule has 2 aromatic rings. The molecule has 0 amide bonds. The maximum Gasteiger partial charge on any atom is 0.303 e. The van der Waals surface area contributed by atoms with Crippen molar-refractivity contribution in [1.82, 2.24) is 4.98 Å². The molecular formula is C17H19NO2. The third-order valence-corrected chi connectivity index (χ3v) is 4.16. The van der Waals surface area contributed by atoms with Gasteiger partial charge in [-0.15, -0.1) is 0 Å². The number of aromatic nitrogens is 1. The number of hydrogen-bond acceptors (Lipinski definition) is 2. The molecule has 0 saturated heterocycles. The number of aliphatic carboxylic acids is 1. The van der Waals surface area contributed by atoms with Crippen molar-refractivity contribution >= 4 is 16.9 Å². The lowest BCUT2D eigenvalue weighted by atomic mass is 9.93. The number of carboxylic acids is 1. The summed E-state index contributed by atoms with van der Waals surface area (Å²) < 4.78 is 0. The molecule has 0 saturated carbocycles. The van der Waals surface area contributed by atoms with Crippen LogP contribution in [0.1, 0.15) is 40.8 Å². The minimum absolute atomic E-state index is 0.193. The van der Waals surface area contributed by atoms with Crippen LogP contribution in [0.15, 0.2) is 12.1 Å². The predicted molar refractivity (Wildman–Crippen MR) is 79.2 cm³/mol. The molecular weight excluding hydrogens is 250 g/mol. The van der Waals surface area contributed by atoms with Crippen molar-refractivity contribution in [2.45, 2.75) is 46.0 Å². The summed E-state index contributed by atoms with van der Waals surface area (Å²) in [6, 6.07) is 4.28. The molecule has 0 fully saturated rings. The van der Waals surface area contributed by atoms with Crippen molar-refractivity contribution in [3.05, 3.63) is 40.1 Å². The lowest BCUT2D eigenvalue weighted by Gasteiger charge is -2.14. The van der Waals surface area contributed by atoms with Gasteiger partial charge in [-0.2, -0.15) is 0 Å². The summed E-state index contributed by atoms with van der Waals surface area (Å²) in [7, 11) is 0. The monoisotopic (exact) mass is 269 g/mol. The number of hydrogen-bond donors (Lipinski definition) is 1. The molecule has 1 aromatic heterocycles. The summed E-state index contributed by atoms with van der Waals surface area (Å²) in [5.74, 6) is -0.730. The normalized spacial score (nSPS) is 13.7. The van der Waals surface area contributed by atoms with Crippen LogP contribution >= 0.6 is 0 Å². The zero-order valence-corrected chi connectivity index (χ0v) is 12.0. The Labute approximate surface area is 118 Å². The lowest BCUT2D eigenvalue weighted by Crippen LogP contribution is -2.04. The van der Waals surface area contributed by atoms with Crippen LogP contribution in [0.4, 0.5) is 0 Å². The molecule has 20 heavy (non-hydrogen) atoms. The zero-order chi connectivity index (χ0) is 14.3. The van der Waals surface area contributed by atoms with Gasteiger partial charge in [-0.3, -0.25) is 9.78 Å². The van der Waals surface area contributed by atoms with Crippen LogP contribution < -0.4 is 0 Å². The molecule has 1 N–H and O–H groups in total. The van der Waals surface area contributed by atoms with E-state index in [-0.39, 0.29) is 6.42 Å². The molecule has 104 valence electrons. The minimum Gasteiger partial charge on any atom is -0.481 e. The Hall–Kier alpha value is -1.90. The van der Waals surface area contributed by atoms with Crippen LogP contribution in [-0.4, -0.2) is 16.1 Å². The van der Waals surface area contributed by atoms with E-state index in [2.05, 4.69) is 26.0 Å². The quantitative estimate of drug-likeness (QED) is 0.929. The Morgan fingerprint density at radius 1 is 1.30 bits per heavy atom. The summed E-state index contributed by atoms with van der Waals surface area (Å²) in [4.78, 5) is 15.8. The Bertz CT molecular complexity index is 704. The summed E-state index contributed by atoms with van der Waals surface area (Å²) in [6.07, 6.45) is 4.01. The van der Waals surface area contributed by atoms with Crippen LogP contribution in [-0.2, 0) is 24.1 Å². The number of aryl methyl sites for hydroxylation is 4. The number of pyridine rings is 1. The Morgan fingerprint density at radius 3 is 2.85 bits per heavy atom. The first kappa shape index (κ1) is 13.1. The maximum absolute atomic E-state index is 10.9. The summed E-state index contributed by atoms with van der Waals surface area (Å²) in [5.41, 5.74) is 7.17. The van der Waals surface area contributed by atoms with Gasteiger partial charge in [0.05, 0.1) is 5.52 Å². The number of nitrogens with zero attached hydrogens (tertiary/aromatic N) is 1. The van der Waals surface area contributed by atoms with Gasteiger partial charge in [0, 0.05) is 17.5 Å². The molecule has 0 radical (unpaired) electrons. The smallest absolute Gasteiger partial charge is 0.303 e. The first-order chi connectivity index (χ1) is 9.56. The highest BCUT2D eigenvalue weighted by Crippen LogP contribution is 2.33. The number of carbonyl (C=O) groups is 1. The molecule has 3 rings (SSSR count). The van der Waals surface area contributed by atoms with Crippen molar-refractivity contribution in [3.8, 4) is 0 Å². The van der Waals surface area contributed by atoms with Crippen molar-refractivity contribution in [2.75, 3.05) is 0 Å². The molecule has 3 heteroatoms. The van der Waals surface area contributed by atoms with Gasteiger partial charge < -0.3 is 5.11 Å². The molecule has 1 aliphatic carbocycles. The Balaban J connectivity index is 2.25. The fraction of sp³-hybridized carbons (Fsp3) is 0.412. The van der Waals surface area contributed by atoms with Crippen LogP contribution in [0, 0.1) is 13.8 Å². The van der Waals surface area contributed by atoms with Gasteiger partial charge >= 0.3 is 5.97 Å². The maximum atomic E-state index is 10.9. The van der Waals surface area contributed by atoms with Gasteiger partial charge in [0.2, 0.25) is 0 Å². The van der Waals surface area contributed by atoms with E-state index < -0.39 is 5.97 Å². The molecule has 0 unspecified atom stereocenters. The lowest BCUT2D eigenvalue weighted by molar-refractivity contribution is -0.136. The van der Waals surface area contributed by atoms with Crippen LogP contribution in [0.3, 0.4) is 0 Å². The Kier molecular flexibility index (Phi) is 3.20. The van der Waals surface area contributed by atoms with Crippen molar-refractivity contribution in [2.24, 2.45) is 0 Å². The third-order valence-electron chi connectivity index (χ3n) is 4.16. The number of carboxylic acid groups (broad SMARTS) is 1. The molecule has 1 heterocycles. The average Bonchev–Trinajstić information content (AvgIpc) is 2.81. The summed E-state index contributed by atoms with van der Waals surface area (Å²) in [6.45, 7) is 4.18. The van der Waals surface area contributed by atoms with Crippen LogP contribution in [0.2, 0.25) is 0 Å².